The van der Waals surface area contributed by atoms with E-state index in [0.717, 1.165) is 24.2 Å². The van der Waals surface area contributed by atoms with Crippen molar-refractivity contribution in [2.75, 3.05) is 13.7 Å². The molecule has 0 unspecified atom stereocenters. The van der Waals surface area contributed by atoms with Crippen molar-refractivity contribution in [2.24, 2.45) is 5.92 Å². The van der Waals surface area contributed by atoms with Gasteiger partial charge in [0.25, 0.3) is 0 Å². The van der Waals surface area contributed by atoms with E-state index < -0.39 is 0 Å². The van der Waals surface area contributed by atoms with Crippen molar-refractivity contribution in [3.05, 3.63) is 65.2 Å². The Hall–Kier alpha value is -2.62. The summed E-state index contributed by atoms with van der Waals surface area (Å²) in [6.45, 7) is 4.90. The smallest absolute Gasteiger partial charge is 0.220 e. The van der Waals surface area contributed by atoms with Crippen molar-refractivity contribution < 1.29 is 14.3 Å². The number of rotatable bonds is 10. The van der Waals surface area contributed by atoms with Crippen LogP contribution in [0.2, 0.25) is 0 Å². The summed E-state index contributed by atoms with van der Waals surface area (Å²) in [5.74, 6) is 1.33. The second-order valence-electron chi connectivity index (χ2n) is 7.17. The number of amides is 1. The standard InChI is InChI=1S/C23H29NO3/c1-17(2)16-19-4-8-20(9-5-19)22(25)12-13-23(26)24-15-14-18-6-10-21(27-3)11-7-18/h4-11,17H,12-16H2,1-3H3,(H,24,26). The fraction of sp³-hybridized carbons (Fsp3) is 0.391. The lowest BCUT2D eigenvalue weighted by molar-refractivity contribution is -0.121. The van der Waals surface area contributed by atoms with Crippen LogP contribution in [-0.2, 0) is 17.6 Å². The Balaban J connectivity index is 1.70. The molecular formula is C23H29NO3. The molecule has 0 aliphatic rings. The lowest BCUT2D eigenvalue weighted by Gasteiger charge is -2.07. The lowest BCUT2D eigenvalue weighted by Crippen LogP contribution is -2.26. The first-order valence-corrected chi connectivity index (χ1v) is 9.49. The predicted molar refractivity (Wildman–Crippen MR) is 108 cm³/mol. The van der Waals surface area contributed by atoms with Crippen LogP contribution in [0.15, 0.2) is 48.5 Å². The minimum absolute atomic E-state index is 0.0106. The van der Waals surface area contributed by atoms with Crippen LogP contribution in [0.3, 0.4) is 0 Å². The third kappa shape index (κ3) is 7.26. The quantitative estimate of drug-likeness (QED) is 0.640. The minimum atomic E-state index is -0.0895. The third-order valence-electron chi connectivity index (χ3n) is 4.39. The number of carbonyl (C=O) groups is 2. The van der Waals surface area contributed by atoms with Crippen LogP contribution in [-0.4, -0.2) is 25.3 Å². The maximum atomic E-state index is 12.2. The number of ether oxygens (including phenoxy) is 1. The Morgan fingerprint density at radius 3 is 2.15 bits per heavy atom. The Labute approximate surface area is 161 Å². The summed E-state index contributed by atoms with van der Waals surface area (Å²) >= 11 is 0. The number of hydrogen-bond donors (Lipinski definition) is 1. The molecule has 1 amide bonds. The molecule has 0 spiro atoms. The zero-order valence-electron chi connectivity index (χ0n) is 16.5. The van der Waals surface area contributed by atoms with Crippen LogP contribution in [0.4, 0.5) is 0 Å². The van der Waals surface area contributed by atoms with Gasteiger partial charge in [-0.05, 0) is 42.0 Å². The number of benzene rings is 2. The van der Waals surface area contributed by atoms with Crippen LogP contribution in [0, 0.1) is 5.92 Å². The van der Waals surface area contributed by atoms with E-state index in [-0.39, 0.29) is 24.5 Å². The van der Waals surface area contributed by atoms with Gasteiger partial charge in [-0.2, -0.15) is 0 Å². The molecule has 0 fully saturated rings. The molecule has 27 heavy (non-hydrogen) atoms. The highest BCUT2D eigenvalue weighted by Crippen LogP contribution is 2.13. The fourth-order valence-electron chi connectivity index (χ4n) is 2.90. The molecule has 0 aliphatic heterocycles. The molecule has 0 atom stereocenters. The highest BCUT2D eigenvalue weighted by Gasteiger charge is 2.09. The van der Waals surface area contributed by atoms with Crippen molar-refractivity contribution >= 4 is 11.7 Å². The molecule has 144 valence electrons. The number of nitrogens with one attached hydrogen (secondary N) is 1. The molecule has 0 aromatic heterocycles. The summed E-state index contributed by atoms with van der Waals surface area (Å²) in [4.78, 5) is 24.2. The van der Waals surface area contributed by atoms with E-state index in [1.807, 2.05) is 48.5 Å². The number of hydrogen-bond acceptors (Lipinski definition) is 3. The Morgan fingerprint density at radius 2 is 1.56 bits per heavy atom. The van der Waals surface area contributed by atoms with Gasteiger partial charge in [0.2, 0.25) is 5.91 Å². The maximum absolute atomic E-state index is 12.2. The van der Waals surface area contributed by atoms with E-state index in [1.165, 1.54) is 5.56 Å². The van der Waals surface area contributed by atoms with E-state index >= 15 is 0 Å². The van der Waals surface area contributed by atoms with Gasteiger partial charge in [0, 0.05) is 24.9 Å². The van der Waals surface area contributed by atoms with Crippen molar-refractivity contribution in [3.63, 3.8) is 0 Å². The summed E-state index contributed by atoms with van der Waals surface area (Å²) in [6.07, 6.45) is 2.21. The highest BCUT2D eigenvalue weighted by molar-refractivity contribution is 5.97. The third-order valence-corrected chi connectivity index (χ3v) is 4.39. The van der Waals surface area contributed by atoms with Gasteiger partial charge in [-0.3, -0.25) is 9.59 Å². The Kier molecular flexibility index (Phi) is 8.05. The molecule has 0 bridgehead atoms. The van der Waals surface area contributed by atoms with E-state index in [2.05, 4.69) is 19.2 Å². The molecule has 0 saturated carbocycles. The molecule has 1 N–H and O–H groups in total. The van der Waals surface area contributed by atoms with Crippen LogP contribution in [0.1, 0.15) is 48.2 Å². The van der Waals surface area contributed by atoms with Crippen LogP contribution in [0.5, 0.6) is 5.75 Å². The molecule has 0 aliphatic carbocycles. The first-order valence-electron chi connectivity index (χ1n) is 9.49. The second-order valence-corrected chi connectivity index (χ2v) is 7.17. The number of carbonyl (C=O) groups excluding carboxylic acids is 2. The molecule has 2 aromatic carbocycles. The monoisotopic (exact) mass is 367 g/mol. The van der Waals surface area contributed by atoms with Crippen LogP contribution >= 0.6 is 0 Å². The van der Waals surface area contributed by atoms with Crippen molar-refractivity contribution in [3.8, 4) is 5.75 Å². The van der Waals surface area contributed by atoms with Gasteiger partial charge in [0.1, 0.15) is 5.75 Å². The molecule has 0 radical (unpaired) electrons. The molecule has 0 heterocycles. The normalized spacial score (nSPS) is 10.7. The van der Waals surface area contributed by atoms with Crippen molar-refractivity contribution in [1.29, 1.82) is 0 Å². The zero-order chi connectivity index (χ0) is 19.6. The van der Waals surface area contributed by atoms with Crippen molar-refractivity contribution in [2.45, 2.75) is 39.5 Å². The zero-order valence-corrected chi connectivity index (χ0v) is 16.5. The first kappa shape index (κ1) is 20.7. The molecule has 4 nitrogen and oxygen atoms in total. The summed E-state index contributed by atoms with van der Waals surface area (Å²) in [5, 5.41) is 2.87. The van der Waals surface area contributed by atoms with E-state index in [0.29, 0.717) is 18.0 Å². The summed E-state index contributed by atoms with van der Waals surface area (Å²) in [5.41, 5.74) is 3.04. The Bertz CT molecular complexity index is 733. The average molecular weight is 367 g/mol. The number of Topliss-reactive ketones (excluding diaryl/α,β-unsaturated/α-hetero) is 1. The minimum Gasteiger partial charge on any atom is -0.497 e. The van der Waals surface area contributed by atoms with Gasteiger partial charge in [-0.25, -0.2) is 0 Å². The summed E-state index contributed by atoms with van der Waals surface area (Å²) < 4.78 is 5.12. The average Bonchev–Trinajstić information content (AvgIpc) is 2.67. The van der Waals surface area contributed by atoms with Gasteiger partial charge in [0.05, 0.1) is 7.11 Å². The molecule has 2 aromatic rings. The molecule has 2 rings (SSSR count). The molecular weight excluding hydrogens is 338 g/mol. The predicted octanol–water partition coefficient (Wildman–Crippen LogP) is 4.22. The lowest BCUT2D eigenvalue weighted by atomic mass is 9.99. The Morgan fingerprint density at radius 1 is 0.926 bits per heavy atom. The largest absolute Gasteiger partial charge is 0.497 e. The maximum Gasteiger partial charge on any atom is 0.220 e. The van der Waals surface area contributed by atoms with Gasteiger partial charge in [-0.1, -0.05) is 50.2 Å². The molecule has 4 heteroatoms. The van der Waals surface area contributed by atoms with Gasteiger partial charge in [0.15, 0.2) is 5.78 Å². The van der Waals surface area contributed by atoms with E-state index in [1.54, 1.807) is 7.11 Å². The number of ketones is 1. The molecule has 0 saturated heterocycles. The fourth-order valence-corrected chi connectivity index (χ4v) is 2.90. The topological polar surface area (TPSA) is 55.4 Å². The summed E-state index contributed by atoms with van der Waals surface area (Å²) in [7, 11) is 1.64. The van der Waals surface area contributed by atoms with Crippen LogP contribution in [0.25, 0.3) is 0 Å². The van der Waals surface area contributed by atoms with Crippen LogP contribution < -0.4 is 10.1 Å². The van der Waals surface area contributed by atoms with Gasteiger partial charge in [-0.15, -0.1) is 0 Å². The summed E-state index contributed by atoms with van der Waals surface area (Å²) in [6, 6.07) is 15.5. The highest BCUT2D eigenvalue weighted by atomic mass is 16.5. The van der Waals surface area contributed by atoms with Gasteiger partial charge < -0.3 is 10.1 Å². The van der Waals surface area contributed by atoms with Crippen molar-refractivity contribution in [1.82, 2.24) is 5.32 Å². The second kappa shape index (κ2) is 10.5. The van der Waals surface area contributed by atoms with Gasteiger partial charge >= 0.3 is 0 Å². The van der Waals surface area contributed by atoms with E-state index in [4.69, 9.17) is 4.74 Å². The number of methoxy groups -OCH3 is 1. The SMILES string of the molecule is COc1ccc(CCNC(=O)CCC(=O)c2ccc(CC(C)C)cc2)cc1. The van der Waals surface area contributed by atoms with E-state index in [9.17, 15) is 9.59 Å². The first-order chi connectivity index (χ1) is 13.0.